The third kappa shape index (κ3) is 4.77. The first-order valence-corrected chi connectivity index (χ1v) is 8.50. The highest BCUT2D eigenvalue weighted by Crippen LogP contribution is 2.34. The van der Waals surface area contributed by atoms with Gasteiger partial charge in [0, 0.05) is 5.02 Å². The summed E-state index contributed by atoms with van der Waals surface area (Å²) >= 11 is 5.78. The number of hydrogen-bond donors (Lipinski definition) is 0. The van der Waals surface area contributed by atoms with Crippen molar-refractivity contribution in [2.75, 3.05) is 0 Å². The largest absolute Gasteiger partial charge is 0.207 e. The van der Waals surface area contributed by atoms with Crippen LogP contribution in [0.1, 0.15) is 63.9 Å². The molecular formula is C18H26ClF. The Kier molecular flexibility index (Phi) is 6.35. The Morgan fingerprint density at radius 1 is 1.10 bits per heavy atom. The van der Waals surface area contributed by atoms with Crippen molar-refractivity contribution in [3.63, 3.8) is 0 Å². The van der Waals surface area contributed by atoms with E-state index in [0.29, 0.717) is 5.02 Å². The molecule has 20 heavy (non-hydrogen) atoms. The zero-order valence-electron chi connectivity index (χ0n) is 12.5. The Balaban J connectivity index is 1.73. The molecule has 0 saturated heterocycles. The zero-order chi connectivity index (χ0) is 14.4. The quantitative estimate of drug-likeness (QED) is 0.569. The number of benzene rings is 1. The highest BCUT2D eigenvalue weighted by molar-refractivity contribution is 6.30. The van der Waals surface area contributed by atoms with Gasteiger partial charge in [0.15, 0.2) is 0 Å². The Labute approximate surface area is 127 Å². The third-order valence-electron chi connectivity index (χ3n) is 4.77. The number of rotatable bonds is 6. The Hall–Kier alpha value is -0.560. The summed E-state index contributed by atoms with van der Waals surface area (Å²) in [6.45, 7) is 2.27. The van der Waals surface area contributed by atoms with Gasteiger partial charge >= 0.3 is 0 Å². The summed E-state index contributed by atoms with van der Waals surface area (Å²) in [5.74, 6) is 1.61. The van der Waals surface area contributed by atoms with Crippen molar-refractivity contribution in [2.45, 2.75) is 64.7 Å². The van der Waals surface area contributed by atoms with E-state index in [1.54, 1.807) is 6.07 Å². The van der Waals surface area contributed by atoms with Gasteiger partial charge in [0.25, 0.3) is 0 Å². The SMILES string of the molecule is CCCCC1CCC(CCc2ccc(Cl)cc2F)CC1. The fourth-order valence-electron chi connectivity index (χ4n) is 3.39. The minimum absolute atomic E-state index is 0.144. The van der Waals surface area contributed by atoms with E-state index in [9.17, 15) is 4.39 Å². The van der Waals surface area contributed by atoms with Gasteiger partial charge < -0.3 is 0 Å². The van der Waals surface area contributed by atoms with Crippen LogP contribution < -0.4 is 0 Å². The van der Waals surface area contributed by atoms with Crippen LogP contribution in [-0.4, -0.2) is 0 Å². The molecule has 0 N–H and O–H groups in total. The van der Waals surface area contributed by atoms with Gasteiger partial charge in [0.05, 0.1) is 0 Å². The van der Waals surface area contributed by atoms with Gasteiger partial charge in [-0.05, 0) is 42.4 Å². The van der Waals surface area contributed by atoms with Crippen LogP contribution in [0.25, 0.3) is 0 Å². The molecule has 0 aliphatic heterocycles. The fraction of sp³-hybridized carbons (Fsp3) is 0.667. The minimum Gasteiger partial charge on any atom is -0.207 e. The maximum Gasteiger partial charge on any atom is 0.127 e. The maximum atomic E-state index is 13.7. The van der Waals surface area contributed by atoms with Crippen LogP contribution in [0.2, 0.25) is 5.02 Å². The van der Waals surface area contributed by atoms with Crippen LogP contribution >= 0.6 is 11.6 Å². The molecule has 1 fully saturated rings. The normalized spacial score (nSPS) is 22.9. The Morgan fingerprint density at radius 3 is 2.35 bits per heavy atom. The van der Waals surface area contributed by atoms with E-state index < -0.39 is 0 Å². The molecule has 0 heterocycles. The number of aryl methyl sites for hydroxylation is 1. The highest BCUT2D eigenvalue weighted by Gasteiger charge is 2.20. The molecule has 0 radical (unpaired) electrons. The molecule has 0 atom stereocenters. The molecule has 2 heteroatoms. The van der Waals surface area contributed by atoms with E-state index in [-0.39, 0.29) is 5.82 Å². The number of unbranched alkanes of at least 4 members (excludes halogenated alkanes) is 1. The van der Waals surface area contributed by atoms with Crippen LogP contribution in [0.4, 0.5) is 4.39 Å². The lowest BCUT2D eigenvalue weighted by atomic mass is 9.78. The van der Waals surface area contributed by atoms with Gasteiger partial charge in [-0.25, -0.2) is 4.39 Å². The molecular weight excluding hydrogens is 271 g/mol. The van der Waals surface area contributed by atoms with Crippen molar-refractivity contribution >= 4 is 11.6 Å². The Morgan fingerprint density at radius 2 is 1.75 bits per heavy atom. The van der Waals surface area contributed by atoms with Crippen molar-refractivity contribution in [3.8, 4) is 0 Å². The first kappa shape index (κ1) is 15.8. The van der Waals surface area contributed by atoms with Crippen LogP contribution in [0.3, 0.4) is 0 Å². The summed E-state index contributed by atoms with van der Waals surface area (Å²) in [5, 5.41) is 0.489. The molecule has 112 valence electrons. The molecule has 0 spiro atoms. The first-order chi connectivity index (χ1) is 9.69. The summed E-state index contributed by atoms with van der Waals surface area (Å²) in [4.78, 5) is 0. The molecule has 1 aromatic carbocycles. The summed E-state index contributed by atoms with van der Waals surface area (Å²) < 4.78 is 13.7. The van der Waals surface area contributed by atoms with E-state index in [0.717, 1.165) is 30.2 Å². The zero-order valence-corrected chi connectivity index (χ0v) is 13.3. The summed E-state index contributed by atoms with van der Waals surface area (Å²) in [6, 6.07) is 5.06. The molecule has 0 unspecified atom stereocenters. The monoisotopic (exact) mass is 296 g/mol. The van der Waals surface area contributed by atoms with Crippen LogP contribution in [0, 0.1) is 17.7 Å². The molecule has 2 rings (SSSR count). The molecule has 1 aliphatic rings. The van der Waals surface area contributed by atoms with E-state index >= 15 is 0 Å². The van der Waals surface area contributed by atoms with Crippen molar-refractivity contribution < 1.29 is 4.39 Å². The Bertz CT molecular complexity index is 408. The standard InChI is InChI=1S/C18H26ClF/c1-2-3-4-14-5-7-15(8-6-14)9-10-16-11-12-17(19)13-18(16)20/h11-15H,2-10H2,1H3. The van der Waals surface area contributed by atoms with Crippen molar-refractivity contribution in [2.24, 2.45) is 11.8 Å². The molecule has 0 aromatic heterocycles. The third-order valence-corrected chi connectivity index (χ3v) is 5.00. The van der Waals surface area contributed by atoms with Crippen LogP contribution in [0.15, 0.2) is 18.2 Å². The van der Waals surface area contributed by atoms with Gasteiger partial charge in [-0.1, -0.05) is 69.5 Å². The smallest absolute Gasteiger partial charge is 0.127 e. The van der Waals surface area contributed by atoms with E-state index in [1.807, 2.05) is 6.07 Å². The second-order valence-corrected chi connectivity index (χ2v) is 6.74. The average molecular weight is 297 g/mol. The van der Waals surface area contributed by atoms with Gasteiger partial charge in [-0.3, -0.25) is 0 Å². The van der Waals surface area contributed by atoms with E-state index in [2.05, 4.69) is 6.92 Å². The van der Waals surface area contributed by atoms with Gasteiger partial charge in [0.2, 0.25) is 0 Å². The average Bonchev–Trinajstić information content (AvgIpc) is 2.45. The molecule has 0 amide bonds. The van der Waals surface area contributed by atoms with Crippen molar-refractivity contribution in [3.05, 3.63) is 34.6 Å². The summed E-state index contributed by atoms with van der Waals surface area (Å²) in [5.41, 5.74) is 0.822. The molecule has 0 nitrogen and oxygen atoms in total. The lowest BCUT2D eigenvalue weighted by Crippen LogP contribution is -2.15. The predicted octanol–water partition coefficient (Wildman–Crippen LogP) is 6.41. The lowest BCUT2D eigenvalue weighted by molar-refractivity contribution is 0.249. The minimum atomic E-state index is -0.144. The van der Waals surface area contributed by atoms with Crippen LogP contribution in [-0.2, 0) is 6.42 Å². The van der Waals surface area contributed by atoms with E-state index in [4.69, 9.17) is 11.6 Å². The van der Waals surface area contributed by atoms with Gasteiger partial charge in [-0.15, -0.1) is 0 Å². The second kappa shape index (κ2) is 8.02. The highest BCUT2D eigenvalue weighted by atomic mass is 35.5. The summed E-state index contributed by atoms with van der Waals surface area (Å²) in [6.07, 6.45) is 11.5. The molecule has 0 bridgehead atoms. The van der Waals surface area contributed by atoms with Gasteiger partial charge in [0.1, 0.15) is 5.82 Å². The van der Waals surface area contributed by atoms with E-state index in [1.165, 1.54) is 51.0 Å². The first-order valence-electron chi connectivity index (χ1n) is 8.13. The van der Waals surface area contributed by atoms with Crippen LogP contribution in [0.5, 0.6) is 0 Å². The maximum absolute atomic E-state index is 13.7. The van der Waals surface area contributed by atoms with Crippen molar-refractivity contribution in [1.29, 1.82) is 0 Å². The fourth-order valence-corrected chi connectivity index (χ4v) is 3.54. The molecule has 1 aromatic rings. The molecule has 1 aliphatic carbocycles. The van der Waals surface area contributed by atoms with Crippen molar-refractivity contribution in [1.82, 2.24) is 0 Å². The summed E-state index contributed by atoms with van der Waals surface area (Å²) in [7, 11) is 0. The lowest BCUT2D eigenvalue weighted by Gasteiger charge is -2.28. The molecule has 1 saturated carbocycles. The number of halogens is 2. The predicted molar refractivity (Wildman–Crippen MR) is 84.7 cm³/mol. The van der Waals surface area contributed by atoms with Gasteiger partial charge in [-0.2, -0.15) is 0 Å². The number of hydrogen-bond acceptors (Lipinski definition) is 0. The second-order valence-electron chi connectivity index (χ2n) is 6.30. The topological polar surface area (TPSA) is 0 Å².